The van der Waals surface area contributed by atoms with E-state index >= 15 is 0 Å². The van der Waals surface area contributed by atoms with Crippen LogP contribution < -0.4 is 5.32 Å². The molecule has 0 aromatic carbocycles. The van der Waals surface area contributed by atoms with Crippen molar-refractivity contribution in [3.05, 3.63) is 42.0 Å². The average Bonchev–Trinajstić information content (AvgIpc) is 2.72. The first-order chi connectivity index (χ1) is 8.50. The second-order valence-corrected chi connectivity index (χ2v) is 4.13. The summed E-state index contributed by atoms with van der Waals surface area (Å²) in [6.45, 7) is 2.91. The van der Waals surface area contributed by atoms with Crippen LogP contribution in [0.5, 0.6) is 0 Å². The van der Waals surface area contributed by atoms with Crippen LogP contribution in [0.4, 0.5) is 4.39 Å². The first-order valence-corrected chi connectivity index (χ1v) is 5.57. The van der Waals surface area contributed by atoms with E-state index in [0.717, 1.165) is 0 Å². The molecule has 2 heterocycles. The third-order valence-corrected chi connectivity index (χ3v) is 2.71. The summed E-state index contributed by atoms with van der Waals surface area (Å²) in [5.41, 5.74) is 0.508. The highest BCUT2D eigenvalue weighted by Crippen LogP contribution is 2.18. The molecule has 0 bridgehead atoms. The number of nitrogens with zero attached hydrogens (tertiary/aromatic N) is 1. The summed E-state index contributed by atoms with van der Waals surface area (Å²) in [5, 5.41) is 2.49. The largest absolute Gasteiger partial charge is 0.346 e. The number of pyridine rings is 1. The van der Waals surface area contributed by atoms with Crippen molar-refractivity contribution in [3.63, 3.8) is 0 Å². The fourth-order valence-corrected chi connectivity index (χ4v) is 1.93. The Balaban J connectivity index is 2.42. The number of carbonyl (C=O) groups is 2. The molecule has 0 spiro atoms. The van der Waals surface area contributed by atoms with Crippen molar-refractivity contribution in [2.45, 2.75) is 19.9 Å². The fourth-order valence-electron chi connectivity index (χ4n) is 1.93. The summed E-state index contributed by atoms with van der Waals surface area (Å²) in [6.07, 6.45) is 3.28. The fraction of sp³-hybridized carbons (Fsp3) is 0.231. The van der Waals surface area contributed by atoms with Gasteiger partial charge in [-0.25, -0.2) is 4.39 Å². The third kappa shape index (κ3) is 2.11. The monoisotopic (exact) mass is 248 g/mol. The van der Waals surface area contributed by atoms with Crippen LogP contribution in [-0.2, 0) is 4.79 Å². The van der Waals surface area contributed by atoms with Crippen molar-refractivity contribution >= 4 is 17.2 Å². The molecule has 94 valence electrons. The lowest BCUT2D eigenvalue weighted by atomic mass is 10.1. The zero-order valence-electron chi connectivity index (χ0n) is 10.1. The Morgan fingerprint density at radius 1 is 1.33 bits per heavy atom. The molecule has 1 atom stereocenters. The first-order valence-electron chi connectivity index (χ1n) is 5.57. The van der Waals surface area contributed by atoms with Gasteiger partial charge in [-0.2, -0.15) is 0 Å². The number of fused-ring (bicyclic) bond motifs is 1. The van der Waals surface area contributed by atoms with Gasteiger partial charge in [0, 0.05) is 24.9 Å². The van der Waals surface area contributed by atoms with Crippen molar-refractivity contribution in [3.8, 4) is 0 Å². The molecular formula is C13H13FN2O2. The van der Waals surface area contributed by atoms with Crippen molar-refractivity contribution in [2.75, 3.05) is 0 Å². The molecule has 2 aromatic heterocycles. The van der Waals surface area contributed by atoms with E-state index < -0.39 is 11.9 Å². The van der Waals surface area contributed by atoms with Gasteiger partial charge in [0.15, 0.2) is 5.78 Å². The topological polar surface area (TPSA) is 50.6 Å². The van der Waals surface area contributed by atoms with Crippen molar-refractivity contribution in [2.24, 2.45) is 0 Å². The highest BCUT2D eigenvalue weighted by molar-refractivity contribution is 6.06. The molecule has 1 amide bonds. The van der Waals surface area contributed by atoms with Gasteiger partial charge in [0.2, 0.25) is 5.91 Å². The number of ketones is 1. The summed E-state index contributed by atoms with van der Waals surface area (Å²) >= 11 is 0. The van der Waals surface area contributed by atoms with Crippen molar-refractivity contribution < 1.29 is 14.0 Å². The van der Waals surface area contributed by atoms with Gasteiger partial charge in [-0.1, -0.05) is 0 Å². The van der Waals surface area contributed by atoms with Crippen LogP contribution >= 0.6 is 0 Å². The number of carbonyl (C=O) groups excluding carboxylic acids is 2. The molecule has 1 unspecified atom stereocenters. The van der Waals surface area contributed by atoms with Crippen LogP contribution in [0.1, 0.15) is 24.2 Å². The third-order valence-electron chi connectivity index (χ3n) is 2.71. The Morgan fingerprint density at radius 3 is 2.72 bits per heavy atom. The van der Waals surface area contributed by atoms with E-state index in [0.29, 0.717) is 0 Å². The lowest BCUT2D eigenvalue weighted by Gasteiger charge is -2.10. The van der Waals surface area contributed by atoms with Crippen LogP contribution in [0, 0.1) is 5.82 Å². The molecule has 4 nitrogen and oxygen atoms in total. The van der Waals surface area contributed by atoms with Gasteiger partial charge in [-0.15, -0.1) is 0 Å². The SMILES string of the molecule is CC(=O)NC(C)C(=O)c1ccn2cccc(F)c12. The second-order valence-electron chi connectivity index (χ2n) is 4.13. The molecule has 0 fully saturated rings. The van der Waals surface area contributed by atoms with E-state index in [4.69, 9.17) is 0 Å². The number of hydrogen-bond donors (Lipinski definition) is 1. The normalized spacial score (nSPS) is 12.4. The van der Waals surface area contributed by atoms with E-state index in [1.54, 1.807) is 35.9 Å². The van der Waals surface area contributed by atoms with Gasteiger partial charge < -0.3 is 9.72 Å². The maximum absolute atomic E-state index is 13.7. The molecule has 2 rings (SSSR count). The van der Waals surface area contributed by atoms with Gasteiger partial charge in [0.1, 0.15) is 5.82 Å². The minimum absolute atomic E-state index is 0.236. The summed E-state index contributed by atoms with van der Waals surface area (Å²) in [4.78, 5) is 23.0. The first kappa shape index (κ1) is 12.3. The zero-order chi connectivity index (χ0) is 13.3. The number of nitrogens with one attached hydrogen (secondary N) is 1. The molecule has 1 N–H and O–H groups in total. The zero-order valence-corrected chi connectivity index (χ0v) is 10.1. The lowest BCUT2D eigenvalue weighted by molar-refractivity contribution is -0.119. The van der Waals surface area contributed by atoms with Crippen LogP contribution in [0.15, 0.2) is 30.6 Å². The summed E-state index contributed by atoms with van der Waals surface area (Å²) < 4.78 is 15.3. The van der Waals surface area contributed by atoms with Gasteiger partial charge >= 0.3 is 0 Å². The highest BCUT2D eigenvalue weighted by Gasteiger charge is 2.20. The number of Topliss-reactive ketones (excluding diaryl/α,β-unsaturated/α-hetero) is 1. The summed E-state index contributed by atoms with van der Waals surface area (Å²) in [7, 11) is 0. The summed E-state index contributed by atoms with van der Waals surface area (Å²) in [6, 6.07) is 3.75. The van der Waals surface area contributed by atoms with Crippen molar-refractivity contribution in [1.29, 1.82) is 0 Å². The van der Waals surface area contributed by atoms with Crippen molar-refractivity contribution in [1.82, 2.24) is 9.72 Å². The summed E-state index contributed by atoms with van der Waals surface area (Å²) in [5.74, 6) is -1.06. The standard InChI is InChI=1S/C13H13FN2O2/c1-8(15-9(2)17)13(18)10-5-7-16-6-3-4-11(14)12(10)16/h3-8H,1-2H3,(H,15,17). The van der Waals surface area contributed by atoms with Gasteiger partial charge in [0.25, 0.3) is 0 Å². The second kappa shape index (κ2) is 4.60. The number of rotatable bonds is 3. The van der Waals surface area contributed by atoms with E-state index in [-0.39, 0.29) is 22.8 Å². The minimum atomic E-state index is -0.673. The maximum atomic E-state index is 13.7. The lowest BCUT2D eigenvalue weighted by Crippen LogP contribution is -2.37. The van der Waals surface area contributed by atoms with E-state index in [2.05, 4.69) is 5.32 Å². The molecule has 0 saturated heterocycles. The predicted molar refractivity (Wildman–Crippen MR) is 65.0 cm³/mol. The molecule has 0 saturated carbocycles. The number of halogens is 1. The van der Waals surface area contributed by atoms with Gasteiger partial charge in [-0.05, 0) is 25.1 Å². The predicted octanol–water partition coefficient (Wildman–Crippen LogP) is 1.79. The van der Waals surface area contributed by atoms with Crippen LogP contribution in [-0.4, -0.2) is 22.1 Å². The molecule has 18 heavy (non-hydrogen) atoms. The maximum Gasteiger partial charge on any atom is 0.217 e. The van der Waals surface area contributed by atoms with Crippen LogP contribution in [0.2, 0.25) is 0 Å². The molecule has 5 heteroatoms. The molecular weight excluding hydrogens is 235 g/mol. The number of amides is 1. The Kier molecular flexibility index (Phi) is 3.14. The Bertz CT molecular complexity index is 618. The quantitative estimate of drug-likeness (QED) is 0.842. The number of hydrogen-bond acceptors (Lipinski definition) is 2. The molecule has 2 aromatic rings. The van der Waals surface area contributed by atoms with Crippen LogP contribution in [0.3, 0.4) is 0 Å². The Morgan fingerprint density at radius 2 is 2.06 bits per heavy atom. The minimum Gasteiger partial charge on any atom is -0.346 e. The average molecular weight is 248 g/mol. The molecule has 0 aliphatic rings. The highest BCUT2D eigenvalue weighted by atomic mass is 19.1. The molecule has 0 aliphatic heterocycles. The van der Waals surface area contributed by atoms with E-state index in [9.17, 15) is 14.0 Å². The van der Waals surface area contributed by atoms with Gasteiger partial charge in [0.05, 0.1) is 11.6 Å². The Labute approximate surface area is 103 Å². The van der Waals surface area contributed by atoms with E-state index in [1.807, 2.05) is 0 Å². The smallest absolute Gasteiger partial charge is 0.217 e. The van der Waals surface area contributed by atoms with Gasteiger partial charge in [-0.3, -0.25) is 9.59 Å². The molecule has 0 radical (unpaired) electrons. The molecule has 0 aliphatic carbocycles. The van der Waals surface area contributed by atoms with E-state index in [1.165, 1.54) is 13.0 Å². The van der Waals surface area contributed by atoms with Crippen LogP contribution in [0.25, 0.3) is 5.52 Å². The number of aromatic nitrogens is 1. The Hall–Kier alpha value is -2.17.